The third-order valence-electron chi connectivity index (χ3n) is 3.11. The number of ether oxygens (including phenoxy) is 1. The van der Waals surface area contributed by atoms with Crippen LogP contribution in [0.15, 0.2) is 30.3 Å². The molecule has 2 atom stereocenters. The van der Waals surface area contributed by atoms with E-state index in [4.69, 9.17) is 4.74 Å². The van der Waals surface area contributed by atoms with Gasteiger partial charge in [-0.15, -0.1) is 0 Å². The van der Waals surface area contributed by atoms with Gasteiger partial charge in [0, 0.05) is 19.7 Å². The van der Waals surface area contributed by atoms with Crippen molar-refractivity contribution in [2.45, 2.75) is 26.0 Å². The van der Waals surface area contributed by atoms with E-state index in [1.165, 1.54) is 12.0 Å². The lowest BCUT2D eigenvalue weighted by Gasteiger charge is -2.14. The summed E-state index contributed by atoms with van der Waals surface area (Å²) in [4.78, 5) is 0. The molecule has 1 saturated heterocycles. The highest BCUT2D eigenvalue weighted by molar-refractivity contribution is 5.14. The fourth-order valence-electron chi connectivity index (χ4n) is 2.04. The monoisotopic (exact) mass is 205 g/mol. The van der Waals surface area contributed by atoms with E-state index in [1.54, 1.807) is 0 Å². The zero-order valence-electron chi connectivity index (χ0n) is 9.28. The molecular formula is C13H19NO. The maximum atomic E-state index is 5.53. The van der Waals surface area contributed by atoms with Crippen molar-refractivity contribution in [1.82, 2.24) is 5.32 Å². The van der Waals surface area contributed by atoms with Crippen LogP contribution in [0, 0.1) is 5.92 Å². The van der Waals surface area contributed by atoms with Crippen LogP contribution in [0.2, 0.25) is 0 Å². The summed E-state index contributed by atoms with van der Waals surface area (Å²) in [7, 11) is 0. The Morgan fingerprint density at radius 2 is 2.13 bits per heavy atom. The van der Waals surface area contributed by atoms with Crippen molar-refractivity contribution in [3.63, 3.8) is 0 Å². The molecule has 0 spiro atoms. The average molecular weight is 205 g/mol. The maximum Gasteiger partial charge on any atom is 0.0588 e. The molecule has 0 bridgehead atoms. The average Bonchev–Trinajstić information content (AvgIpc) is 2.66. The summed E-state index contributed by atoms with van der Waals surface area (Å²) in [6.07, 6.45) is 1.62. The smallest absolute Gasteiger partial charge is 0.0588 e. The Morgan fingerprint density at radius 3 is 2.80 bits per heavy atom. The van der Waals surface area contributed by atoms with E-state index < -0.39 is 0 Å². The standard InChI is InChI=1S/C13H19NO/c1-11-13(7-8-15-11)10-14-9-12-5-3-2-4-6-12/h2-6,11,13-14H,7-10H2,1H3. The van der Waals surface area contributed by atoms with Crippen LogP contribution in [-0.4, -0.2) is 19.3 Å². The van der Waals surface area contributed by atoms with Crippen molar-refractivity contribution >= 4 is 0 Å². The van der Waals surface area contributed by atoms with Gasteiger partial charge in [-0.25, -0.2) is 0 Å². The highest BCUT2D eigenvalue weighted by Crippen LogP contribution is 2.19. The van der Waals surface area contributed by atoms with Gasteiger partial charge in [0.05, 0.1) is 6.10 Å². The molecular weight excluding hydrogens is 186 g/mol. The molecule has 2 nitrogen and oxygen atoms in total. The molecule has 1 heterocycles. The lowest BCUT2D eigenvalue weighted by atomic mass is 10.0. The van der Waals surface area contributed by atoms with E-state index >= 15 is 0 Å². The molecule has 1 aromatic carbocycles. The fourth-order valence-corrected chi connectivity index (χ4v) is 2.04. The molecule has 0 amide bonds. The number of nitrogens with one attached hydrogen (secondary N) is 1. The molecule has 1 aliphatic heterocycles. The summed E-state index contributed by atoms with van der Waals surface area (Å²) in [6, 6.07) is 10.5. The summed E-state index contributed by atoms with van der Waals surface area (Å²) in [5, 5.41) is 3.49. The first kappa shape index (κ1) is 10.7. The van der Waals surface area contributed by atoms with Gasteiger partial charge in [0.2, 0.25) is 0 Å². The van der Waals surface area contributed by atoms with Crippen molar-refractivity contribution in [2.75, 3.05) is 13.2 Å². The van der Waals surface area contributed by atoms with Crippen LogP contribution >= 0.6 is 0 Å². The van der Waals surface area contributed by atoms with Crippen LogP contribution in [0.25, 0.3) is 0 Å². The van der Waals surface area contributed by atoms with Crippen LogP contribution in [0.3, 0.4) is 0 Å². The topological polar surface area (TPSA) is 21.3 Å². The summed E-state index contributed by atoms with van der Waals surface area (Å²) < 4.78 is 5.53. The number of hydrogen-bond donors (Lipinski definition) is 1. The Hall–Kier alpha value is -0.860. The van der Waals surface area contributed by atoms with Crippen molar-refractivity contribution in [3.05, 3.63) is 35.9 Å². The van der Waals surface area contributed by atoms with Crippen molar-refractivity contribution in [2.24, 2.45) is 5.92 Å². The molecule has 1 fully saturated rings. The molecule has 82 valence electrons. The lowest BCUT2D eigenvalue weighted by Crippen LogP contribution is -2.26. The number of rotatable bonds is 4. The van der Waals surface area contributed by atoms with Gasteiger partial charge < -0.3 is 10.1 Å². The Bertz CT molecular complexity index is 286. The summed E-state index contributed by atoms with van der Waals surface area (Å²) in [5.74, 6) is 0.689. The normalized spacial score (nSPS) is 25.7. The molecule has 2 heteroatoms. The fraction of sp³-hybridized carbons (Fsp3) is 0.538. The summed E-state index contributed by atoms with van der Waals surface area (Å²) in [6.45, 7) is 5.13. The molecule has 1 aliphatic rings. The molecule has 0 aliphatic carbocycles. The first-order valence-corrected chi connectivity index (χ1v) is 5.72. The largest absolute Gasteiger partial charge is 0.378 e. The second kappa shape index (κ2) is 5.29. The Morgan fingerprint density at radius 1 is 1.33 bits per heavy atom. The molecule has 0 saturated carbocycles. The third kappa shape index (κ3) is 3.05. The summed E-state index contributed by atoms with van der Waals surface area (Å²) in [5.41, 5.74) is 1.35. The Kier molecular flexibility index (Phi) is 3.75. The quantitative estimate of drug-likeness (QED) is 0.813. The number of hydrogen-bond acceptors (Lipinski definition) is 2. The van der Waals surface area contributed by atoms with Crippen molar-refractivity contribution < 1.29 is 4.74 Å². The molecule has 0 radical (unpaired) electrons. The van der Waals surface area contributed by atoms with Gasteiger partial charge >= 0.3 is 0 Å². The minimum absolute atomic E-state index is 0.424. The lowest BCUT2D eigenvalue weighted by molar-refractivity contribution is 0.105. The van der Waals surface area contributed by atoms with Crippen LogP contribution < -0.4 is 5.32 Å². The van der Waals surface area contributed by atoms with E-state index in [1.807, 2.05) is 0 Å². The summed E-state index contributed by atoms with van der Waals surface area (Å²) >= 11 is 0. The SMILES string of the molecule is CC1OCCC1CNCc1ccccc1. The predicted octanol–water partition coefficient (Wildman–Crippen LogP) is 2.20. The van der Waals surface area contributed by atoms with E-state index in [0.29, 0.717) is 12.0 Å². The molecule has 0 aromatic heterocycles. The van der Waals surface area contributed by atoms with Gasteiger partial charge in [-0.2, -0.15) is 0 Å². The predicted molar refractivity (Wildman–Crippen MR) is 61.7 cm³/mol. The highest BCUT2D eigenvalue weighted by Gasteiger charge is 2.23. The van der Waals surface area contributed by atoms with E-state index in [0.717, 1.165) is 19.7 Å². The minimum Gasteiger partial charge on any atom is -0.378 e. The molecule has 1 aromatic rings. The van der Waals surface area contributed by atoms with Gasteiger partial charge in [-0.1, -0.05) is 30.3 Å². The molecule has 2 unspecified atom stereocenters. The van der Waals surface area contributed by atoms with Gasteiger partial charge in [0.25, 0.3) is 0 Å². The van der Waals surface area contributed by atoms with Crippen molar-refractivity contribution in [3.8, 4) is 0 Å². The van der Waals surface area contributed by atoms with Crippen LogP contribution in [0.5, 0.6) is 0 Å². The van der Waals surface area contributed by atoms with Crippen LogP contribution in [-0.2, 0) is 11.3 Å². The zero-order valence-corrected chi connectivity index (χ0v) is 9.28. The number of benzene rings is 1. The molecule has 1 N–H and O–H groups in total. The zero-order chi connectivity index (χ0) is 10.5. The van der Waals surface area contributed by atoms with Crippen molar-refractivity contribution in [1.29, 1.82) is 0 Å². The van der Waals surface area contributed by atoms with E-state index in [-0.39, 0.29) is 0 Å². The van der Waals surface area contributed by atoms with Crippen LogP contribution in [0.4, 0.5) is 0 Å². The van der Waals surface area contributed by atoms with Gasteiger partial charge in [-0.3, -0.25) is 0 Å². The first-order valence-electron chi connectivity index (χ1n) is 5.72. The Labute approximate surface area is 91.6 Å². The van der Waals surface area contributed by atoms with E-state index in [9.17, 15) is 0 Å². The van der Waals surface area contributed by atoms with Crippen LogP contribution in [0.1, 0.15) is 18.9 Å². The highest BCUT2D eigenvalue weighted by atomic mass is 16.5. The van der Waals surface area contributed by atoms with Gasteiger partial charge in [0.1, 0.15) is 0 Å². The second-order valence-electron chi connectivity index (χ2n) is 4.24. The van der Waals surface area contributed by atoms with Gasteiger partial charge in [-0.05, 0) is 24.8 Å². The minimum atomic E-state index is 0.424. The Balaban J connectivity index is 1.71. The third-order valence-corrected chi connectivity index (χ3v) is 3.11. The second-order valence-corrected chi connectivity index (χ2v) is 4.24. The first-order chi connectivity index (χ1) is 7.36. The molecule has 15 heavy (non-hydrogen) atoms. The maximum absolute atomic E-state index is 5.53. The van der Waals surface area contributed by atoms with Gasteiger partial charge in [0.15, 0.2) is 0 Å². The van der Waals surface area contributed by atoms with E-state index in [2.05, 4.69) is 42.6 Å². The molecule has 2 rings (SSSR count).